The predicted molar refractivity (Wildman–Crippen MR) is 122 cm³/mol. The molecule has 2 aromatic rings. The van der Waals surface area contributed by atoms with Crippen molar-refractivity contribution in [2.45, 2.75) is 51.3 Å². The summed E-state index contributed by atoms with van der Waals surface area (Å²) in [7, 11) is 1.54. The number of fused-ring (bicyclic) bond motifs is 3. The van der Waals surface area contributed by atoms with Crippen LogP contribution < -0.4 is 9.64 Å². The number of rotatable bonds is 5. The van der Waals surface area contributed by atoms with Gasteiger partial charge in [0, 0.05) is 20.2 Å². The summed E-state index contributed by atoms with van der Waals surface area (Å²) < 4.78 is 31.2. The molecule has 0 radical (unpaired) electrons. The van der Waals surface area contributed by atoms with Gasteiger partial charge in [-0.05, 0) is 45.2 Å². The Bertz CT molecular complexity index is 1050. The standard InChI is InChI=1S/C21H26Cl2FN5O4/c1-21(2,3)33-20(30)29-11-5-6-12(29)10-28(9-11)17-13-15(25-19(23)27-17)14(24)16(22)26-18(13)32-8-7-31-4/h11-12H,5-10H2,1-4H3. The highest BCUT2D eigenvalue weighted by molar-refractivity contribution is 6.31. The van der Waals surface area contributed by atoms with E-state index in [1.165, 1.54) is 0 Å². The second-order valence-corrected chi connectivity index (χ2v) is 9.78. The van der Waals surface area contributed by atoms with E-state index in [0.717, 1.165) is 12.8 Å². The molecule has 0 aliphatic carbocycles. The third kappa shape index (κ3) is 4.88. The van der Waals surface area contributed by atoms with Crippen LogP contribution in [0.1, 0.15) is 33.6 Å². The minimum Gasteiger partial charge on any atom is -0.475 e. The Hall–Kier alpha value is -2.17. The molecule has 33 heavy (non-hydrogen) atoms. The van der Waals surface area contributed by atoms with Crippen LogP contribution in [0.15, 0.2) is 0 Å². The average molecular weight is 502 g/mol. The van der Waals surface area contributed by atoms with Crippen LogP contribution in [0.2, 0.25) is 10.4 Å². The summed E-state index contributed by atoms with van der Waals surface area (Å²) in [5.41, 5.74) is -0.652. The maximum Gasteiger partial charge on any atom is 0.410 e. The lowest BCUT2D eigenvalue weighted by Crippen LogP contribution is -2.57. The lowest BCUT2D eigenvalue weighted by molar-refractivity contribution is 0.0123. The average Bonchev–Trinajstić information content (AvgIpc) is 3.00. The van der Waals surface area contributed by atoms with Crippen LogP contribution in [-0.2, 0) is 9.47 Å². The molecular weight excluding hydrogens is 476 g/mol. The second-order valence-electron chi connectivity index (χ2n) is 9.08. The minimum absolute atomic E-state index is 0.0701. The molecule has 2 bridgehead atoms. The fourth-order valence-corrected chi connectivity index (χ4v) is 4.64. The molecule has 2 unspecified atom stereocenters. The molecule has 0 spiro atoms. The van der Waals surface area contributed by atoms with Crippen molar-refractivity contribution in [2.24, 2.45) is 0 Å². The van der Waals surface area contributed by atoms with E-state index >= 15 is 0 Å². The van der Waals surface area contributed by atoms with Gasteiger partial charge in [-0.15, -0.1) is 0 Å². The van der Waals surface area contributed by atoms with Gasteiger partial charge in [-0.25, -0.2) is 14.2 Å². The van der Waals surface area contributed by atoms with E-state index in [1.807, 2.05) is 25.7 Å². The zero-order valence-corrected chi connectivity index (χ0v) is 20.4. The number of carbonyl (C=O) groups is 1. The molecule has 0 N–H and O–H groups in total. The van der Waals surface area contributed by atoms with Gasteiger partial charge >= 0.3 is 6.09 Å². The summed E-state index contributed by atoms with van der Waals surface area (Å²) in [5, 5.41) is -0.212. The normalized spacial score (nSPS) is 20.5. The van der Waals surface area contributed by atoms with E-state index < -0.39 is 11.4 Å². The van der Waals surface area contributed by atoms with Crippen molar-refractivity contribution in [2.75, 3.05) is 38.3 Å². The van der Waals surface area contributed by atoms with Crippen LogP contribution in [0.5, 0.6) is 5.88 Å². The van der Waals surface area contributed by atoms with Gasteiger partial charge in [0.05, 0.1) is 18.7 Å². The zero-order valence-electron chi connectivity index (χ0n) is 18.9. The van der Waals surface area contributed by atoms with Crippen molar-refractivity contribution < 1.29 is 23.4 Å². The van der Waals surface area contributed by atoms with Crippen molar-refractivity contribution >= 4 is 46.0 Å². The van der Waals surface area contributed by atoms with Crippen LogP contribution in [0.4, 0.5) is 15.0 Å². The quantitative estimate of drug-likeness (QED) is 0.343. The summed E-state index contributed by atoms with van der Waals surface area (Å²) in [6.07, 6.45) is 1.32. The van der Waals surface area contributed by atoms with Gasteiger partial charge in [-0.1, -0.05) is 11.6 Å². The molecule has 9 nitrogen and oxygen atoms in total. The van der Waals surface area contributed by atoms with Gasteiger partial charge in [-0.3, -0.25) is 4.90 Å². The van der Waals surface area contributed by atoms with Crippen molar-refractivity contribution in [1.29, 1.82) is 0 Å². The molecule has 2 aliphatic heterocycles. The fraction of sp³-hybridized carbons (Fsp3) is 0.619. The molecule has 4 heterocycles. The molecule has 2 atom stereocenters. The molecule has 0 saturated carbocycles. The monoisotopic (exact) mass is 501 g/mol. The lowest BCUT2D eigenvalue weighted by Gasteiger charge is -2.42. The smallest absolute Gasteiger partial charge is 0.410 e. The maximum atomic E-state index is 14.9. The van der Waals surface area contributed by atoms with Gasteiger partial charge in [0.2, 0.25) is 11.2 Å². The molecule has 2 aliphatic rings. The highest BCUT2D eigenvalue weighted by atomic mass is 35.5. The lowest BCUT2D eigenvalue weighted by atomic mass is 10.1. The van der Waals surface area contributed by atoms with Crippen LogP contribution in [-0.4, -0.2) is 77.0 Å². The Morgan fingerprint density at radius 3 is 2.39 bits per heavy atom. The summed E-state index contributed by atoms with van der Waals surface area (Å²) in [4.78, 5) is 29.1. The Labute approximate surface area is 201 Å². The number of amides is 1. The second kappa shape index (κ2) is 9.23. The number of carbonyl (C=O) groups excluding carboxylic acids is 1. The molecule has 1 amide bonds. The van der Waals surface area contributed by atoms with E-state index in [0.29, 0.717) is 25.5 Å². The number of nitrogens with zero attached hydrogens (tertiary/aromatic N) is 5. The molecule has 4 rings (SSSR count). The van der Waals surface area contributed by atoms with Gasteiger partial charge < -0.3 is 19.1 Å². The number of hydrogen-bond donors (Lipinski definition) is 0. The molecule has 2 aromatic heterocycles. The zero-order chi connectivity index (χ0) is 23.9. The first-order valence-corrected chi connectivity index (χ1v) is 11.4. The fourth-order valence-electron chi connectivity index (χ4n) is 4.31. The number of ether oxygens (including phenoxy) is 3. The van der Waals surface area contributed by atoms with Crippen LogP contribution in [0.3, 0.4) is 0 Å². The first-order valence-electron chi connectivity index (χ1n) is 10.7. The maximum absolute atomic E-state index is 14.9. The van der Waals surface area contributed by atoms with Gasteiger partial charge in [0.1, 0.15) is 28.9 Å². The van der Waals surface area contributed by atoms with Crippen molar-refractivity contribution in [1.82, 2.24) is 19.9 Å². The molecule has 2 fully saturated rings. The Kier molecular flexibility index (Phi) is 6.70. The molecule has 0 aromatic carbocycles. The Morgan fingerprint density at radius 2 is 1.79 bits per heavy atom. The highest BCUT2D eigenvalue weighted by Gasteiger charge is 2.45. The number of hydrogen-bond acceptors (Lipinski definition) is 8. The van der Waals surface area contributed by atoms with Crippen molar-refractivity contribution in [3.05, 3.63) is 16.3 Å². The van der Waals surface area contributed by atoms with Crippen molar-refractivity contribution in [3.8, 4) is 5.88 Å². The number of anilines is 1. The number of methoxy groups -OCH3 is 1. The summed E-state index contributed by atoms with van der Waals surface area (Å²) in [5.74, 6) is -0.310. The molecule has 2 saturated heterocycles. The summed E-state index contributed by atoms with van der Waals surface area (Å²) >= 11 is 12.1. The van der Waals surface area contributed by atoms with E-state index in [-0.39, 0.29) is 52.0 Å². The summed E-state index contributed by atoms with van der Waals surface area (Å²) in [6.45, 7) is 6.96. The topological polar surface area (TPSA) is 89.9 Å². The Morgan fingerprint density at radius 1 is 1.12 bits per heavy atom. The van der Waals surface area contributed by atoms with Crippen molar-refractivity contribution in [3.63, 3.8) is 0 Å². The highest BCUT2D eigenvalue weighted by Crippen LogP contribution is 2.39. The first-order chi connectivity index (χ1) is 15.6. The predicted octanol–water partition coefficient (Wildman–Crippen LogP) is 4.08. The molecule has 180 valence electrons. The van der Waals surface area contributed by atoms with E-state index in [9.17, 15) is 9.18 Å². The van der Waals surface area contributed by atoms with E-state index in [4.69, 9.17) is 37.4 Å². The van der Waals surface area contributed by atoms with Crippen LogP contribution in [0, 0.1) is 5.82 Å². The van der Waals surface area contributed by atoms with Crippen LogP contribution in [0.25, 0.3) is 10.9 Å². The first kappa shape index (κ1) is 24.0. The van der Waals surface area contributed by atoms with Gasteiger partial charge in [-0.2, -0.15) is 9.97 Å². The Balaban J connectivity index is 1.70. The summed E-state index contributed by atoms with van der Waals surface area (Å²) in [6, 6.07) is -0.157. The SMILES string of the molecule is COCCOc1nc(Cl)c(F)c2nc(Cl)nc(N3CC4CCC(C3)N4C(=O)OC(C)(C)C)c12. The van der Waals surface area contributed by atoms with Gasteiger partial charge in [0.15, 0.2) is 11.0 Å². The van der Waals surface area contributed by atoms with E-state index in [1.54, 1.807) is 12.0 Å². The third-order valence-corrected chi connectivity index (χ3v) is 6.00. The molecular formula is C21H26Cl2FN5O4. The number of piperazine rings is 1. The third-order valence-electron chi connectivity index (χ3n) is 5.58. The minimum atomic E-state index is -0.799. The number of pyridine rings is 1. The number of aromatic nitrogens is 3. The van der Waals surface area contributed by atoms with Gasteiger partial charge in [0.25, 0.3) is 0 Å². The largest absolute Gasteiger partial charge is 0.475 e. The molecule has 12 heteroatoms. The number of halogens is 3. The van der Waals surface area contributed by atoms with E-state index in [2.05, 4.69) is 15.0 Å². The van der Waals surface area contributed by atoms with Crippen LogP contribution >= 0.6 is 23.2 Å².